The third kappa shape index (κ3) is 4.58. The normalized spacial score (nSPS) is 12.3. The molecular weight excluding hydrogens is 262 g/mol. The SMILES string of the molecule is CN(C[C@H](O)c1ccccc1)C(=O)C=Cc1ccccc1. The molecule has 0 aliphatic carbocycles. The van der Waals surface area contributed by atoms with Gasteiger partial charge in [-0.2, -0.15) is 0 Å². The van der Waals surface area contributed by atoms with Crippen LogP contribution in [0.25, 0.3) is 6.08 Å². The molecule has 0 aromatic heterocycles. The molecule has 3 nitrogen and oxygen atoms in total. The van der Waals surface area contributed by atoms with E-state index in [0.717, 1.165) is 11.1 Å². The molecule has 21 heavy (non-hydrogen) atoms. The molecule has 0 unspecified atom stereocenters. The van der Waals surface area contributed by atoms with Gasteiger partial charge >= 0.3 is 0 Å². The van der Waals surface area contributed by atoms with Crippen molar-refractivity contribution >= 4 is 12.0 Å². The van der Waals surface area contributed by atoms with Crippen molar-refractivity contribution in [2.75, 3.05) is 13.6 Å². The van der Waals surface area contributed by atoms with Crippen LogP contribution in [0.15, 0.2) is 66.7 Å². The first-order valence-electron chi connectivity index (χ1n) is 6.88. The van der Waals surface area contributed by atoms with Crippen LogP contribution in [0.5, 0.6) is 0 Å². The minimum Gasteiger partial charge on any atom is -0.387 e. The molecule has 0 saturated carbocycles. The van der Waals surface area contributed by atoms with Crippen molar-refractivity contribution in [3.63, 3.8) is 0 Å². The van der Waals surface area contributed by atoms with E-state index in [4.69, 9.17) is 0 Å². The Kier molecular flexibility index (Phi) is 5.29. The van der Waals surface area contributed by atoms with E-state index in [1.54, 1.807) is 13.1 Å². The van der Waals surface area contributed by atoms with Crippen LogP contribution < -0.4 is 0 Å². The Bertz CT molecular complexity index is 593. The van der Waals surface area contributed by atoms with Crippen molar-refractivity contribution in [1.29, 1.82) is 0 Å². The zero-order valence-electron chi connectivity index (χ0n) is 12.0. The first-order valence-corrected chi connectivity index (χ1v) is 6.88. The number of amides is 1. The minimum atomic E-state index is -0.676. The van der Waals surface area contributed by atoms with Gasteiger partial charge in [-0.3, -0.25) is 4.79 Å². The van der Waals surface area contributed by atoms with E-state index in [1.165, 1.54) is 11.0 Å². The van der Waals surface area contributed by atoms with Crippen molar-refractivity contribution in [2.45, 2.75) is 6.10 Å². The van der Waals surface area contributed by atoms with Crippen LogP contribution in [0.4, 0.5) is 0 Å². The topological polar surface area (TPSA) is 40.5 Å². The Morgan fingerprint density at radius 3 is 2.29 bits per heavy atom. The maximum absolute atomic E-state index is 12.0. The van der Waals surface area contributed by atoms with Gasteiger partial charge in [-0.15, -0.1) is 0 Å². The average molecular weight is 281 g/mol. The molecule has 0 heterocycles. The second-order valence-corrected chi connectivity index (χ2v) is 4.89. The summed E-state index contributed by atoms with van der Waals surface area (Å²) in [6, 6.07) is 19.0. The van der Waals surface area contributed by atoms with Crippen LogP contribution in [0.1, 0.15) is 17.2 Å². The minimum absolute atomic E-state index is 0.131. The molecule has 0 bridgehead atoms. The van der Waals surface area contributed by atoms with Gasteiger partial charge in [-0.1, -0.05) is 60.7 Å². The summed E-state index contributed by atoms with van der Waals surface area (Å²) in [5, 5.41) is 10.1. The summed E-state index contributed by atoms with van der Waals surface area (Å²) >= 11 is 0. The first-order chi connectivity index (χ1) is 10.2. The van der Waals surface area contributed by atoms with Gasteiger partial charge in [0.25, 0.3) is 0 Å². The Hall–Kier alpha value is -2.39. The predicted molar refractivity (Wildman–Crippen MR) is 84.5 cm³/mol. The second-order valence-electron chi connectivity index (χ2n) is 4.89. The van der Waals surface area contributed by atoms with Crippen LogP contribution in [0.3, 0.4) is 0 Å². The molecule has 2 rings (SSSR count). The van der Waals surface area contributed by atoms with E-state index >= 15 is 0 Å². The van der Waals surface area contributed by atoms with Gasteiger partial charge in [0.2, 0.25) is 5.91 Å². The lowest BCUT2D eigenvalue weighted by Crippen LogP contribution is -2.29. The van der Waals surface area contributed by atoms with Crippen molar-refractivity contribution in [2.24, 2.45) is 0 Å². The van der Waals surface area contributed by atoms with Crippen LogP contribution in [-0.2, 0) is 4.79 Å². The van der Waals surface area contributed by atoms with E-state index in [9.17, 15) is 9.90 Å². The summed E-state index contributed by atoms with van der Waals surface area (Å²) in [5.41, 5.74) is 1.78. The lowest BCUT2D eigenvalue weighted by molar-refractivity contribution is -0.126. The van der Waals surface area contributed by atoms with Gasteiger partial charge in [0.05, 0.1) is 12.6 Å². The van der Waals surface area contributed by atoms with Crippen LogP contribution in [0.2, 0.25) is 0 Å². The molecule has 0 saturated heterocycles. The van der Waals surface area contributed by atoms with E-state index in [-0.39, 0.29) is 12.5 Å². The molecule has 1 atom stereocenters. The third-order valence-electron chi connectivity index (χ3n) is 3.23. The largest absolute Gasteiger partial charge is 0.387 e. The molecule has 2 aromatic carbocycles. The standard InChI is InChI=1S/C18H19NO2/c1-19(14-17(20)16-10-6-3-7-11-16)18(21)13-12-15-8-4-2-5-9-15/h2-13,17,20H,14H2,1H3/t17-/m0/s1. The lowest BCUT2D eigenvalue weighted by Gasteiger charge is -2.19. The first kappa shape index (κ1) is 15.0. The van der Waals surface area contributed by atoms with Crippen molar-refractivity contribution in [3.8, 4) is 0 Å². The van der Waals surface area contributed by atoms with Gasteiger partial charge in [-0.05, 0) is 17.2 Å². The summed E-state index contributed by atoms with van der Waals surface area (Å²) < 4.78 is 0. The predicted octanol–water partition coefficient (Wildman–Crippen LogP) is 2.89. The molecular formula is C18H19NO2. The van der Waals surface area contributed by atoms with E-state index in [2.05, 4.69) is 0 Å². The van der Waals surface area contributed by atoms with E-state index in [0.29, 0.717) is 0 Å². The summed E-state index contributed by atoms with van der Waals surface area (Å²) in [6.45, 7) is 0.266. The molecule has 2 aromatic rings. The van der Waals surface area contributed by atoms with Crippen LogP contribution in [-0.4, -0.2) is 29.5 Å². The maximum atomic E-state index is 12.0. The molecule has 0 spiro atoms. The summed E-state index contributed by atoms with van der Waals surface area (Å²) in [6.07, 6.45) is 2.62. The lowest BCUT2D eigenvalue weighted by atomic mass is 10.1. The van der Waals surface area contributed by atoms with Gasteiger partial charge in [0.15, 0.2) is 0 Å². The smallest absolute Gasteiger partial charge is 0.246 e. The zero-order chi connectivity index (χ0) is 15.1. The summed E-state index contributed by atoms with van der Waals surface area (Å²) in [5.74, 6) is -0.131. The number of carbonyl (C=O) groups is 1. The molecule has 1 amide bonds. The number of hydrogen-bond donors (Lipinski definition) is 1. The number of carbonyl (C=O) groups excluding carboxylic acids is 1. The fourth-order valence-corrected chi connectivity index (χ4v) is 1.99. The number of nitrogens with zero attached hydrogens (tertiary/aromatic N) is 1. The number of hydrogen-bond acceptors (Lipinski definition) is 2. The zero-order valence-corrected chi connectivity index (χ0v) is 12.0. The third-order valence-corrected chi connectivity index (χ3v) is 3.23. The second kappa shape index (κ2) is 7.41. The highest BCUT2D eigenvalue weighted by molar-refractivity contribution is 5.91. The highest BCUT2D eigenvalue weighted by Gasteiger charge is 2.12. The molecule has 108 valence electrons. The van der Waals surface area contributed by atoms with Gasteiger partial charge in [0.1, 0.15) is 0 Å². The summed E-state index contributed by atoms with van der Waals surface area (Å²) in [4.78, 5) is 13.5. The van der Waals surface area contributed by atoms with Crippen LogP contribution in [0, 0.1) is 0 Å². The van der Waals surface area contributed by atoms with E-state index < -0.39 is 6.10 Å². The highest BCUT2D eigenvalue weighted by atomic mass is 16.3. The maximum Gasteiger partial charge on any atom is 0.246 e. The Morgan fingerprint density at radius 2 is 1.67 bits per heavy atom. The van der Waals surface area contributed by atoms with Crippen molar-refractivity contribution < 1.29 is 9.90 Å². The molecule has 0 fully saturated rings. The Morgan fingerprint density at radius 1 is 1.10 bits per heavy atom. The average Bonchev–Trinajstić information content (AvgIpc) is 2.54. The van der Waals surface area contributed by atoms with Gasteiger partial charge in [0, 0.05) is 13.1 Å². The molecule has 0 radical (unpaired) electrons. The number of benzene rings is 2. The van der Waals surface area contributed by atoms with Gasteiger partial charge in [-0.25, -0.2) is 0 Å². The highest BCUT2D eigenvalue weighted by Crippen LogP contribution is 2.13. The quantitative estimate of drug-likeness (QED) is 0.856. The fraction of sp³-hybridized carbons (Fsp3) is 0.167. The number of aliphatic hydroxyl groups is 1. The Labute approximate surface area is 125 Å². The summed E-state index contributed by atoms with van der Waals surface area (Å²) in [7, 11) is 1.68. The fourth-order valence-electron chi connectivity index (χ4n) is 1.99. The monoisotopic (exact) mass is 281 g/mol. The van der Waals surface area contributed by atoms with Gasteiger partial charge < -0.3 is 10.0 Å². The number of rotatable bonds is 5. The Balaban J connectivity index is 1.92. The van der Waals surface area contributed by atoms with Crippen LogP contribution >= 0.6 is 0 Å². The molecule has 1 N–H and O–H groups in total. The number of likely N-dealkylation sites (N-methyl/N-ethyl adjacent to an activating group) is 1. The molecule has 3 heteroatoms. The number of aliphatic hydroxyl groups excluding tert-OH is 1. The van der Waals surface area contributed by atoms with Crippen molar-refractivity contribution in [1.82, 2.24) is 4.90 Å². The van der Waals surface area contributed by atoms with E-state index in [1.807, 2.05) is 60.7 Å². The molecule has 0 aliphatic heterocycles. The van der Waals surface area contributed by atoms with Crippen molar-refractivity contribution in [3.05, 3.63) is 77.9 Å². The molecule has 0 aliphatic rings.